The van der Waals surface area contributed by atoms with Crippen LogP contribution in [0.2, 0.25) is 18.1 Å². The predicted molar refractivity (Wildman–Crippen MR) is 89.9 cm³/mol. The van der Waals surface area contributed by atoms with Crippen molar-refractivity contribution >= 4 is 8.32 Å². The zero-order valence-electron chi connectivity index (χ0n) is 14.3. The number of furan rings is 1. The summed E-state index contributed by atoms with van der Waals surface area (Å²) in [7, 11) is -1.70. The van der Waals surface area contributed by atoms with Crippen molar-refractivity contribution in [2.75, 3.05) is 6.61 Å². The molecule has 1 heterocycles. The van der Waals surface area contributed by atoms with E-state index in [1.165, 1.54) is 0 Å². The average molecular weight is 311 g/mol. The number of hydrogen-bond acceptors (Lipinski definition) is 3. The lowest BCUT2D eigenvalue weighted by Crippen LogP contribution is -2.41. The Morgan fingerprint density at radius 1 is 1.38 bits per heavy atom. The molecule has 0 unspecified atom stereocenters. The maximum atomic E-state index is 10.1. The van der Waals surface area contributed by atoms with Crippen LogP contribution in [-0.2, 0) is 10.8 Å². The maximum absolute atomic E-state index is 10.1. The molecule has 1 rings (SSSR count). The van der Waals surface area contributed by atoms with Crippen LogP contribution < -0.4 is 0 Å². The molecule has 1 aromatic rings. The predicted octanol–water partition coefficient (Wildman–Crippen LogP) is 4.70. The molecule has 3 nitrogen and oxygen atoms in total. The fraction of sp³-hybridized carbons (Fsp3) is 0.647. The highest BCUT2D eigenvalue weighted by Crippen LogP contribution is 2.36. The minimum atomic E-state index is -1.70. The molecule has 0 aliphatic carbocycles. The molecule has 0 radical (unpaired) electrons. The van der Waals surface area contributed by atoms with Crippen LogP contribution in [0.15, 0.2) is 29.2 Å². The average Bonchev–Trinajstić information content (AvgIpc) is 2.84. The number of rotatable bonds is 7. The molecule has 0 bridgehead atoms. The molecule has 1 N–H and O–H groups in total. The van der Waals surface area contributed by atoms with E-state index < -0.39 is 14.4 Å². The SMILES string of the molecule is C=C[C@H](C)[C@H](O)c1ccc(CCO[Si](C)(C)C(C)(C)C)o1. The van der Waals surface area contributed by atoms with Crippen molar-refractivity contribution in [1.82, 2.24) is 0 Å². The zero-order chi connectivity index (χ0) is 16.3. The molecule has 4 heteroatoms. The topological polar surface area (TPSA) is 42.6 Å². The highest BCUT2D eigenvalue weighted by atomic mass is 28.4. The van der Waals surface area contributed by atoms with Gasteiger partial charge in [0.15, 0.2) is 8.32 Å². The standard InChI is InChI=1S/C17H30O3Si/c1-8-13(2)16(18)15-10-9-14(20-15)11-12-19-21(6,7)17(3,4)5/h8-10,13,16,18H,1,11-12H2,2-7H3/t13-,16-/m0/s1. The van der Waals surface area contributed by atoms with E-state index in [2.05, 4.69) is 40.4 Å². The first kappa shape index (κ1) is 18.2. The van der Waals surface area contributed by atoms with Crippen molar-refractivity contribution in [3.63, 3.8) is 0 Å². The summed E-state index contributed by atoms with van der Waals surface area (Å²) in [5.41, 5.74) is 0. The molecular weight excluding hydrogens is 280 g/mol. The number of aliphatic hydroxyl groups is 1. The molecule has 0 aliphatic rings. The van der Waals surface area contributed by atoms with E-state index in [0.29, 0.717) is 12.4 Å². The lowest BCUT2D eigenvalue weighted by molar-refractivity contribution is 0.112. The third kappa shape index (κ3) is 4.83. The van der Waals surface area contributed by atoms with Crippen LogP contribution in [0.5, 0.6) is 0 Å². The van der Waals surface area contributed by atoms with Gasteiger partial charge in [0.05, 0.1) is 0 Å². The van der Waals surface area contributed by atoms with Crippen LogP contribution in [0.1, 0.15) is 45.3 Å². The number of hydrogen-bond donors (Lipinski definition) is 1. The largest absolute Gasteiger partial charge is 0.463 e. The maximum Gasteiger partial charge on any atom is 0.191 e. The fourth-order valence-electron chi connectivity index (χ4n) is 1.70. The number of aliphatic hydroxyl groups excluding tert-OH is 1. The molecule has 0 amide bonds. The summed E-state index contributed by atoms with van der Waals surface area (Å²) in [5, 5.41) is 10.3. The van der Waals surface area contributed by atoms with E-state index in [1.807, 2.05) is 19.1 Å². The zero-order valence-corrected chi connectivity index (χ0v) is 15.3. The van der Waals surface area contributed by atoms with Gasteiger partial charge in [0.1, 0.15) is 17.6 Å². The van der Waals surface area contributed by atoms with Gasteiger partial charge in [-0.05, 0) is 30.3 Å². The van der Waals surface area contributed by atoms with E-state index in [-0.39, 0.29) is 11.0 Å². The summed E-state index contributed by atoms with van der Waals surface area (Å²) < 4.78 is 11.8. The Hall–Kier alpha value is -0.843. The summed E-state index contributed by atoms with van der Waals surface area (Å²) in [6.45, 7) is 17.5. The highest BCUT2D eigenvalue weighted by molar-refractivity contribution is 6.74. The molecule has 0 aliphatic heterocycles. The van der Waals surface area contributed by atoms with Gasteiger partial charge in [-0.3, -0.25) is 0 Å². The second-order valence-electron chi connectivity index (χ2n) is 7.20. The van der Waals surface area contributed by atoms with Crippen molar-refractivity contribution < 1.29 is 13.9 Å². The second kappa shape index (κ2) is 6.94. The molecule has 0 saturated carbocycles. The van der Waals surface area contributed by atoms with Crippen molar-refractivity contribution in [2.24, 2.45) is 5.92 Å². The molecule has 21 heavy (non-hydrogen) atoms. The van der Waals surface area contributed by atoms with E-state index in [4.69, 9.17) is 8.84 Å². The van der Waals surface area contributed by atoms with E-state index in [9.17, 15) is 5.11 Å². The summed E-state index contributed by atoms with van der Waals surface area (Å²) in [5.74, 6) is 1.44. The molecule has 0 aromatic carbocycles. The highest BCUT2D eigenvalue weighted by Gasteiger charge is 2.36. The minimum absolute atomic E-state index is 0.0209. The Balaban J connectivity index is 2.55. The Bertz CT molecular complexity index is 457. The molecular formula is C17H30O3Si. The van der Waals surface area contributed by atoms with Crippen molar-refractivity contribution in [3.8, 4) is 0 Å². The van der Waals surface area contributed by atoms with Gasteiger partial charge in [0.25, 0.3) is 0 Å². The van der Waals surface area contributed by atoms with Gasteiger partial charge in [0, 0.05) is 18.9 Å². The van der Waals surface area contributed by atoms with E-state index in [0.717, 1.165) is 12.2 Å². The lowest BCUT2D eigenvalue weighted by atomic mass is 10.0. The van der Waals surface area contributed by atoms with Gasteiger partial charge in [-0.25, -0.2) is 0 Å². The Kier molecular flexibility index (Phi) is 6.02. The molecule has 1 aromatic heterocycles. The van der Waals surface area contributed by atoms with Gasteiger partial charge >= 0.3 is 0 Å². The first-order valence-electron chi connectivity index (χ1n) is 7.61. The van der Waals surface area contributed by atoms with Crippen LogP contribution in [0, 0.1) is 5.92 Å². The van der Waals surface area contributed by atoms with Gasteiger partial charge in [-0.15, -0.1) is 6.58 Å². The first-order valence-corrected chi connectivity index (χ1v) is 10.5. The monoisotopic (exact) mass is 310 g/mol. The van der Waals surface area contributed by atoms with Crippen molar-refractivity contribution in [1.29, 1.82) is 0 Å². The Morgan fingerprint density at radius 2 is 2.00 bits per heavy atom. The van der Waals surface area contributed by atoms with Gasteiger partial charge < -0.3 is 13.9 Å². The normalized spacial score (nSPS) is 15.8. The Labute approximate surface area is 130 Å². The van der Waals surface area contributed by atoms with Crippen LogP contribution in [0.4, 0.5) is 0 Å². The van der Waals surface area contributed by atoms with Crippen LogP contribution >= 0.6 is 0 Å². The molecule has 0 saturated heterocycles. The van der Waals surface area contributed by atoms with Crippen LogP contribution in [0.25, 0.3) is 0 Å². The molecule has 0 spiro atoms. The second-order valence-corrected chi connectivity index (χ2v) is 12.0. The van der Waals surface area contributed by atoms with Gasteiger partial charge in [0.2, 0.25) is 0 Å². The summed E-state index contributed by atoms with van der Waals surface area (Å²) in [6, 6.07) is 3.76. The molecule has 120 valence electrons. The minimum Gasteiger partial charge on any atom is -0.463 e. The van der Waals surface area contributed by atoms with Crippen molar-refractivity contribution in [2.45, 2.75) is 58.4 Å². The van der Waals surface area contributed by atoms with Gasteiger partial charge in [-0.1, -0.05) is 33.8 Å². The lowest BCUT2D eigenvalue weighted by Gasteiger charge is -2.36. The van der Waals surface area contributed by atoms with Crippen LogP contribution in [0.3, 0.4) is 0 Å². The van der Waals surface area contributed by atoms with Gasteiger partial charge in [-0.2, -0.15) is 0 Å². The summed E-state index contributed by atoms with van der Waals surface area (Å²) in [4.78, 5) is 0. The van der Waals surface area contributed by atoms with Crippen LogP contribution in [-0.4, -0.2) is 20.0 Å². The first-order chi connectivity index (χ1) is 9.58. The molecule has 2 atom stereocenters. The third-order valence-corrected chi connectivity index (χ3v) is 9.00. The van der Waals surface area contributed by atoms with E-state index >= 15 is 0 Å². The molecule has 0 fully saturated rings. The van der Waals surface area contributed by atoms with Crippen molar-refractivity contribution in [3.05, 3.63) is 36.3 Å². The smallest absolute Gasteiger partial charge is 0.191 e. The quantitative estimate of drug-likeness (QED) is 0.586. The fourth-order valence-corrected chi connectivity index (χ4v) is 2.74. The summed E-state index contributed by atoms with van der Waals surface area (Å²) in [6.07, 6.45) is 1.84. The Morgan fingerprint density at radius 3 is 2.52 bits per heavy atom. The summed E-state index contributed by atoms with van der Waals surface area (Å²) >= 11 is 0. The van der Waals surface area contributed by atoms with E-state index in [1.54, 1.807) is 6.08 Å². The third-order valence-electron chi connectivity index (χ3n) is 4.46.